The molecular formula is C18H19N3O2S. The van der Waals surface area contributed by atoms with Gasteiger partial charge < -0.3 is 14.6 Å². The highest BCUT2D eigenvalue weighted by molar-refractivity contribution is 7.98. The fraction of sp³-hybridized carbons (Fsp3) is 0.222. The topological polar surface area (TPSA) is 60.2 Å². The Balaban J connectivity index is 1.55. The Morgan fingerprint density at radius 3 is 2.50 bits per heavy atom. The van der Waals surface area contributed by atoms with Crippen LogP contribution in [0, 0.1) is 0 Å². The number of aromatic nitrogens is 2. The number of nitrogens with one attached hydrogen (secondary N) is 1. The average Bonchev–Trinajstić information content (AvgIpc) is 3.11. The minimum Gasteiger partial charge on any atom is -0.497 e. The van der Waals surface area contributed by atoms with Crippen molar-refractivity contribution in [1.29, 1.82) is 0 Å². The van der Waals surface area contributed by atoms with E-state index >= 15 is 0 Å². The minimum absolute atomic E-state index is 0.432. The molecule has 1 N–H and O–H groups in total. The molecule has 0 unspecified atom stereocenters. The van der Waals surface area contributed by atoms with Crippen molar-refractivity contribution in [1.82, 2.24) is 10.1 Å². The molecule has 0 amide bonds. The Hall–Kier alpha value is -2.47. The molecule has 0 spiro atoms. The molecule has 3 aromatic rings. The summed E-state index contributed by atoms with van der Waals surface area (Å²) in [6.07, 6.45) is 2.97. The van der Waals surface area contributed by atoms with E-state index in [1.54, 1.807) is 18.9 Å². The summed E-state index contributed by atoms with van der Waals surface area (Å²) in [7, 11) is 1.64. The maximum Gasteiger partial charge on any atom is 0.321 e. The number of methoxy groups -OCH3 is 1. The van der Waals surface area contributed by atoms with E-state index in [4.69, 9.17) is 9.26 Å². The van der Waals surface area contributed by atoms with Gasteiger partial charge in [-0.3, -0.25) is 0 Å². The number of rotatable bonds is 7. The maximum atomic E-state index is 5.24. The minimum atomic E-state index is 0.432. The van der Waals surface area contributed by atoms with Gasteiger partial charge in [-0.15, -0.1) is 11.8 Å². The van der Waals surface area contributed by atoms with E-state index in [2.05, 4.69) is 46.0 Å². The molecule has 5 nitrogen and oxygen atoms in total. The number of hydrogen-bond donors (Lipinski definition) is 1. The van der Waals surface area contributed by atoms with Crippen LogP contribution < -0.4 is 10.1 Å². The molecule has 0 saturated carbocycles. The van der Waals surface area contributed by atoms with Gasteiger partial charge in [0, 0.05) is 17.0 Å². The van der Waals surface area contributed by atoms with Crippen LogP contribution in [0.15, 0.2) is 57.9 Å². The number of hydrogen-bond acceptors (Lipinski definition) is 6. The smallest absolute Gasteiger partial charge is 0.321 e. The first-order valence-electron chi connectivity index (χ1n) is 7.63. The third kappa shape index (κ3) is 4.08. The van der Waals surface area contributed by atoms with Gasteiger partial charge >= 0.3 is 6.01 Å². The monoisotopic (exact) mass is 341 g/mol. The van der Waals surface area contributed by atoms with Gasteiger partial charge in [0.05, 0.1) is 7.11 Å². The van der Waals surface area contributed by atoms with E-state index in [-0.39, 0.29) is 0 Å². The second-order valence-electron chi connectivity index (χ2n) is 5.18. The zero-order valence-corrected chi connectivity index (χ0v) is 14.5. The molecule has 0 fully saturated rings. The molecule has 6 heteroatoms. The van der Waals surface area contributed by atoms with Crippen LogP contribution in [0.4, 0.5) is 6.01 Å². The Labute approximate surface area is 145 Å². The average molecular weight is 341 g/mol. The van der Waals surface area contributed by atoms with Crippen molar-refractivity contribution in [2.45, 2.75) is 11.3 Å². The fourth-order valence-corrected chi connectivity index (χ4v) is 2.67. The fourth-order valence-electron chi connectivity index (χ4n) is 2.26. The van der Waals surface area contributed by atoms with Gasteiger partial charge in [-0.2, -0.15) is 4.98 Å². The summed E-state index contributed by atoms with van der Waals surface area (Å²) in [5, 5.41) is 7.16. The summed E-state index contributed by atoms with van der Waals surface area (Å²) in [6.45, 7) is 0.739. The molecule has 3 rings (SSSR count). The number of ether oxygens (including phenoxy) is 1. The van der Waals surface area contributed by atoms with Gasteiger partial charge in [-0.05, 0) is 54.6 Å². The summed E-state index contributed by atoms with van der Waals surface area (Å²) in [4.78, 5) is 5.63. The second kappa shape index (κ2) is 7.88. The van der Waals surface area contributed by atoms with Gasteiger partial charge in [-0.25, -0.2) is 0 Å². The van der Waals surface area contributed by atoms with E-state index in [0.29, 0.717) is 11.8 Å². The van der Waals surface area contributed by atoms with E-state index in [1.807, 2.05) is 24.3 Å². The number of thioether (sulfide) groups is 1. The first-order chi connectivity index (χ1) is 11.8. The second-order valence-corrected chi connectivity index (χ2v) is 6.06. The Morgan fingerprint density at radius 2 is 1.83 bits per heavy atom. The van der Waals surface area contributed by atoms with Crippen LogP contribution in [0.3, 0.4) is 0 Å². The summed E-state index contributed by atoms with van der Waals surface area (Å²) in [6, 6.07) is 16.5. The van der Waals surface area contributed by atoms with Crippen LogP contribution in [0.25, 0.3) is 11.4 Å². The molecule has 1 heterocycles. The van der Waals surface area contributed by atoms with E-state index < -0.39 is 0 Å². The van der Waals surface area contributed by atoms with Crippen LogP contribution in [0.1, 0.15) is 5.56 Å². The highest BCUT2D eigenvalue weighted by Gasteiger charge is 2.08. The number of anilines is 1. The van der Waals surface area contributed by atoms with Gasteiger partial charge in [0.25, 0.3) is 0 Å². The first kappa shape index (κ1) is 16.4. The highest BCUT2D eigenvalue weighted by atomic mass is 32.2. The van der Waals surface area contributed by atoms with Crippen molar-refractivity contribution in [3.8, 4) is 17.1 Å². The maximum absolute atomic E-state index is 5.24. The molecule has 1 aromatic heterocycles. The number of benzene rings is 2. The quantitative estimate of drug-likeness (QED) is 0.652. The third-order valence-electron chi connectivity index (χ3n) is 3.62. The zero-order valence-electron chi connectivity index (χ0n) is 13.7. The van der Waals surface area contributed by atoms with Crippen molar-refractivity contribution < 1.29 is 9.26 Å². The Kier molecular flexibility index (Phi) is 5.38. The van der Waals surface area contributed by atoms with E-state index in [9.17, 15) is 0 Å². The van der Waals surface area contributed by atoms with Crippen LogP contribution in [0.5, 0.6) is 5.75 Å². The van der Waals surface area contributed by atoms with Gasteiger partial charge in [0.2, 0.25) is 5.82 Å². The lowest BCUT2D eigenvalue weighted by atomic mass is 10.1. The molecule has 24 heavy (non-hydrogen) atoms. The van der Waals surface area contributed by atoms with E-state index in [0.717, 1.165) is 24.3 Å². The standard InChI is InChI=1S/C18H19N3O2S/c1-22-15-7-5-14(6-8-15)17-20-18(23-21-17)19-12-11-13-3-9-16(24-2)10-4-13/h3-10H,11-12H2,1-2H3,(H,19,20,21). The molecule has 124 valence electrons. The normalized spacial score (nSPS) is 10.6. The zero-order chi connectivity index (χ0) is 16.8. The van der Waals surface area contributed by atoms with Crippen molar-refractivity contribution in [2.75, 3.05) is 25.2 Å². The van der Waals surface area contributed by atoms with Crippen LogP contribution in [-0.4, -0.2) is 30.1 Å². The van der Waals surface area contributed by atoms with Crippen molar-refractivity contribution in [3.05, 3.63) is 54.1 Å². The highest BCUT2D eigenvalue weighted by Crippen LogP contribution is 2.21. The molecular weight excluding hydrogens is 322 g/mol. The molecule has 2 aromatic carbocycles. The van der Waals surface area contributed by atoms with Gasteiger partial charge in [-0.1, -0.05) is 17.3 Å². The van der Waals surface area contributed by atoms with Crippen LogP contribution in [-0.2, 0) is 6.42 Å². The molecule has 0 saturated heterocycles. The summed E-state index contributed by atoms with van der Waals surface area (Å²) >= 11 is 1.74. The molecule has 0 aliphatic heterocycles. The predicted octanol–water partition coefficient (Wildman–Crippen LogP) is 4.12. The lowest BCUT2D eigenvalue weighted by Crippen LogP contribution is -2.04. The van der Waals surface area contributed by atoms with Crippen molar-refractivity contribution in [3.63, 3.8) is 0 Å². The predicted molar refractivity (Wildman–Crippen MR) is 96.7 cm³/mol. The van der Waals surface area contributed by atoms with Crippen molar-refractivity contribution in [2.24, 2.45) is 0 Å². The lowest BCUT2D eigenvalue weighted by molar-refractivity contribution is 0.415. The number of nitrogens with zero attached hydrogens (tertiary/aromatic N) is 2. The SMILES string of the molecule is COc1ccc(-c2noc(NCCc3ccc(SC)cc3)n2)cc1. The summed E-state index contributed by atoms with van der Waals surface area (Å²) in [5.74, 6) is 1.36. The Morgan fingerprint density at radius 1 is 1.08 bits per heavy atom. The summed E-state index contributed by atoms with van der Waals surface area (Å²) < 4.78 is 10.4. The first-order valence-corrected chi connectivity index (χ1v) is 8.86. The molecule has 0 atom stereocenters. The van der Waals surface area contributed by atoms with Crippen LogP contribution in [0.2, 0.25) is 0 Å². The lowest BCUT2D eigenvalue weighted by Gasteiger charge is -2.03. The summed E-state index contributed by atoms with van der Waals surface area (Å²) in [5.41, 5.74) is 2.16. The van der Waals surface area contributed by atoms with Crippen molar-refractivity contribution >= 4 is 17.8 Å². The largest absolute Gasteiger partial charge is 0.497 e. The molecule has 0 bridgehead atoms. The molecule has 0 aliphatic carbocycles. The van der Waals surface area contributed by atoms with Gasteiger partial charge in [0.1, 0.15) is 5.75 Å². The van der Waals surface area contributed by atoms with E-state index in [1.165, 1.54) is 10.5 Å². The Bertz CT molecular complexity index is 770. The molecule has 0 aliphatic rings. The third-order valence-corrected chi connectivity index (χ3v) is 4.37. The van der Waals surface area contributed by atoms with Gasteiger partial charge in [0.15, 0.2) is 0 Å². The molecule has 0 radical (unpaired) electrons. The van der Waals surface area contributed by atoms with Crippen LogP contribution >= 0.6 is 11.8 Å².